The number of aromatic nitrogens is 2. The lowest BCUT2D eigenvalue weighted by Crippen LogP contribution is -2.39. The van der Waals surface area contributed by atoms with Gasteiger partial charge in [-0.2, -0.15) is 0 Å². The van der Waals surface area contributed by atoms with Crippen molar-refractivity contribution in [3.8, 4) is 0 Å². The van der Waals surface area contributed by atoms with Gasteiger partial charge in [-0.05, 0) is 54.7 Å². The summed E-state index contributed by atoms with van der Waals surface area (Å²) < 4.78 is 1.70. The zero-order chi connectivity index (χ0) is 25.1. The number of urea groups is 1. The third-order valence-electron chi connectivity index (χ3n) is 6.77. The first kappa shape index (κ1) is 24.1. The summed E-state index contributed by atoms with van der Waals surface area (Å²) in [4.78, 5) is 33.6. The molecule has 4 aromatic rings. The lowest BCUT2D eigenvalue weighted by atomic mass is 10.1. The molecule has 0 aliphatic carbocycles. The van der Waals surface area contributed by atoms with Gasteiger partial charge in [0.2, 0.25) is 0 Å². The number of carbonyl (C=O) groups is 1. The number of halogens is 1. The molecule has 0 fully saturated rings. The summed E-state index contributed by atoms with van der Waals surface area (Å²) in [5, 5.41) is 4.22. The molecule has 1 atom stereocenters. The number of rotatable bonds is 7. The molecule has 1 aromatic heterocycles. The predicted molar refractivity (Wildman–Crippen MR) is 145 cm³/mol. The molecule has 6 nitrogen and oxygen atoms in total. The number of hydrogen-bond acceptors (Lipinski definition) is 3. The zero-order valence-corrected chi connectivity index (χ0v) is 21.0. The smallest absolute Gasteiger partial charge is 0.314 e. The van der Waals surface area contributed by atoms with Gasteiger partial charge in [0, 0.05) is 23.8 Å². The molecule has 0 bridgehead atoms. The predicted octanol–water partition coefficient (Wildman–Crippen LogP) is 6.22. The van der Waals surface area contributed by atoms with E-state index in [0.717, 1.165) is 29.7 Å². The van der Waals surface area contributed by atoms with Gasteiger partial charge in [0.05, 0.1) is 16.9 Å². The molecule has 7 heteroatoms. The fraction of sp³-hybridized carbons (Fsp3) is 0.276. The fourth-order valence-electron chi connectivity index (χ4n) is 4.97. The Labute approximate surface area is 215 Å². The van der Waals surface area contributed by atoms with Crippen molar-refractivity contribution in [1.29, 1.82) is 0 Å². The van der Waals surface area contributed by atoms with Gasteiger partial charge < -0.3 is 10.2 Å². The number of fused-ring (bicyclic) bond motifs is 2. The molecule has 0 spiro atoms. The largest absolute Gasteiger partial charge is 0.322 e. The minimum Gasteiger partial charge on any atom is -0.314 e. The van der Waals surface area contributed by atoms with Crippen molar-refractivity contribution in [2.75, 3.05) is 11.9 Å². The lowest BCUT2D eigenvalue weighted by molar-refractivity contribution is 0.187. The molecule has 184 valence electrons. The number of benzene rings is 3. The molecule has 2 amide bonds. The maximum atomic E-state index is 13.8. The Bertz CT molecular complexity index is 1450. The molecular weight excluding hydrogens is 472 g/mol. The van der Waals surface area contributed by atoms with E-state index >= 15 is 0 Å². The summed E-state index contributed by atoms with van der Waals surface area (Å²) in [6.45, 7) is 3.14. The van der Waals surface area contributed by atoms with E-state index in [9.17, 15) is 9.59 Å². The average molecular weight is 501 g/mol. The number of amides is 2. The third kappa shape index (κ3) is 4.86. The molecule has 3 aromatic carbocycles. The van der Waals surface area contributed by atoms with Crippen molar-refractivity contribution in [2.24, 2.45) is 0 Å². The van der Waals surface area contributed by atoms with E-state index in [1.54, 1.807) is 22.8 Å². The maximum Gasteiger partial charge on any atom is 0.322 e. The molecule has 1 aliphatic heterocycles. The summed E-state index contributed by atoms with van der Waals surface area (Å²) in [5.41, 5.74) is 3.55. The number of carbonyl (C=O) groups excluding carboxylic acids is 1. The molecule has 1 unspecified atom stereocenters. The van der Waals surface area contributed by atoms with Crippen LogP contribution in [-0.4, -0.2) is 27.0 Å². The van der Waals surface area contributed by atoms with Crippen LogP contribution in [0.4, 0.5) is 10.5 Å². The molecule has 0 radical (unpaired) electrons. The Morgan fingerprint density at radius 3 is 2.67 bits per heavy atom. The van der Waals surface area contributed by atoms with E-state index in [1.807, 2.05) is 41.3 Å². The number of para-hydroxylation sites is 1. The summed E-state index contributed by atoms with van der Waals surface area (Å²) in [6.07, 6.45) is 3.20. The second-order valence-electron chi connectivity index (χ2n) is 9.16. The van der Waals surface area contributed by atoms with Gasteiger partial charge in [-0.1, -0.05) is 73.5 Å². The van der Waals surface area contributed by atoms with Gasteiger partial charge >= 0.3 is 6.03 Å². The molecule has 36 heavy (non-hydrogen) atoms. The monoisotopic (exact) mass is 500 g/mol. The number of hydrogen-bond donors (Lipinski definition) is 1. The van der Waals surface area contributed by atoms with E-state index in [4.69, 9.17) is 16.6 Å². The first-order valence-electron chi connectivity index (χ1n) is 12.4. The number of nitrogens with one attached hydrogen (secondary N) is 1. The van der Waals surface area contributed by atoms with Crippen LogP contribution >= 0.6 is 11.6 Å². The van der Waals surface area contributed by atoms with Crippen LogP contribution in [0.5, 0.6) is 0 Å². The Kier molecular flexibility index (Phi) is 7.05. The van der Waals surface area contributed by atoms with Gasteiger partial charge in [0.25, 0.3) is 5.56 Å². The highest BCUT2D eigenvalue weighted by atomic mass is 35.5. The number of anilines is 1. The van der Waals surface area contributed by atoms with E-state index in [1.165, 1.54) is 0 Å². The van der Waals surface area contributed by atoms with Crippen molar-refractivity contribution in [2.45, 2.75) is 45.2 Å². The first-order valence-corrected chi connectivity index (χ1v) is 12.8. The number of aryl methyl sites for hydroxylation is 1. The summed E-state index contributed by atoms with van der Waals surface area (Å²) >= 11 is 6.20. The summed E-state index contributed by atoms with van der Waals surface area (Å²) in [7, 11) is 0. The lowest BCUT2D eigenvalue weighted by Gasteiger charge is -2.29. The molecular formula is C29H29ClN4O2. The van der Waals surface area contributed by atoms with Crippen molar-refractivity contribution < 1.29 is 4.79 Å². The third-order valence-corrected chi connectivity index (χ3v) is 7.01. The molecule has 0 saturated heterocycles. The van der Waals surface area contributed by atoms with Gasteiger partial charge in [-0.3, -0.25) is 9.36 Å². The minimum atomic E-state index is -0.317. The normalized spacial score (nSPS) is 14.6. The van der Waals surface area contributed by atoms with Crippen LogP contribution < -0.4 is 10.9 Å². The molecule has 2 heterocycles. The van der Waals surface area contributed by atoms with Crippen molar-refractivity contribution in [3.05, 3.63) is 105 Å². The van der Waals surface area contributed by atoms with Crippen LogP contribution in [0.15, 0.2) is 77.6 Å². The van der Waals surface area contributed by atoms with Crippen LogP contribution in [0.3, 0.4) is 0 Å². The average Bonchev–Trinajstić information content (AvgIpc) is 3.30. The molecule has 1 N–H and O–H groups in total. The highest BCUT2D eigenvalue weighted by Gasteiger charge is 2.34. The Hall–Kier alpha value is -3.64. The van der Waals surface area contributed by atoms with E-state index in [2.05, 4.69) is 30.4 Å². The fourth-order valence-corrected chi connectivity index (χ4v) is 5.13. The van der Waals surface area contributed by atoms with Crippen LogP contribution in [0.1, 0.15) is 42.8 Å². The van der Waals surface area contributed by atoms with Gasteiger partial charge in [0.15, 0.2) is 0 Å². The van der Waals surface area contributed by atoms with Gasteiger partial charge in [-0.15, -0.1) is 0 Å². The van der Waals surface area contributed by atoms with Crippen LogP contribution in [0.25, 0.3) is 10.9 Å². The Balaban J connectivity index is 1.50. The Morgan fingerprint density at radius 1 is 1.08 bits per heavy atom. The molecule has 0 saturated carbocycles. The molecule has 5 rings (SSSR count). The summed E-state index contributed by atoms with van der Waals surface area (Å²) in [5.74, 6) is 0.611. The van der Waals surface area contributed by atoms with Crippen molar-refractivity contribution in [3.63, 3.8) is 0 Å². The number of nitrogens with zero attached hydrogens (tertiary/aromatic N) is 3. The highest BCUT2D eigenvalue weighted by molar-refractivity contribution is 6.31. The Morgan fingerprint density at radius 2 is 1.86 bits per heavy atom. The van der Waals surface area contributed by atoms with E-state index < -0.39 is 0 Å². The zero-order valence-electron chi connectivity index (χ0n) is 20.3. The van der Waals surface area contributed by atoms with E-state index in [0.29, 0.717) is 47.7 Å². The standard InChI is InChI=1S/C29H29ClN4O2/c1-2-8-21-11-6-7-12-24(21)32-29(36)33(17-15-20-9-4-3-5-10-20)26-16-18-34-27(26)31-25-19-22(30)13-14-23(25)28(34)35/h3-7,9-14,19,26H,2,8,15-18H2,1H3,(H,32,36). The van der Waals surface area contributed by atoms with Crippen molar-refractivity contribution >= 4 is 34.2 Å². The topological polar surface area (TPSA) is 67.2 Å². The van der Waals surface area contributed by atoms with Gasteiger partial charge in [-0.25, -0.2) is 9.78 Å². The quantitative estimate of drug-likeness (QED) is 0.327. The summed E-state index contributed by atoms with van der Waals surface area (Å²) in [6, 6.07) is 22.7. The maximum absolute atomic E-state index is 13.8. The van der Waals surface area contributed by atoms with Crippen LogP contribution in [0, 0.1) is 0 Å². The first-order chi connectivity index (χ1) is 17.5. The van der Waals surface area contributed by atoms with Gasteiger partial charge in [0.1, 0.15) is 5.82 Å². The van der Waals surface area contributed by atoms with Crippen molar-refractivity contribution in [1.82, 2.24) is 14.5 Å². The van der Waals surface area contributed by atoms with Crippen LogP contribution in [-0.2, 0) is 19.4 Å². The minimum absolute atomic E-state index is 0.0918. The molecule has 1 aliphatic rings. The highest BCUT2D eigenvalue weighted by Crippen LogP contribution is 2.31. The second-order valence-corrected chi connectivity index (χ2v) is 9.60. The van der Waals surface area contributed by atoms with E-state index in [-0.39, 0.29) is 17.6 Å². The van der Waals surface area contributed by atoms with Crippen LogP contribution in [0.2, 0.25) is 5.02 Å². The SMILES string of the molecule is CCCc1ccccc1NC(=O)N(CCc1ccccc1)C1CCn2c1nc1cc(Cl)ccc1c2=O. The second kappa shape index (κ2) is 10.5.